The van der Waals surface area contributed by atoms with Gasteiger partial charge >= 0.3 is 0 Å². The first-order valence-electron chi connectivity index (χ1n) is 6.22. The van der Waals surface area contributed by atoms with E-state index in [1.807, 2.05) is 4.90 Å². The van der Waals surface area contributed by atoms with Gasteiger partial charge in [0.15, 0.2) is 0 Å². The van der Waals surface area contributed by atoms with E-state index in [4.69, 9.17) is 0 Å². The summed E-state index contributed by atoms with van der Waals surface area (Å²) in [4.78, 5) is 25.2. The van der Waals surface area contributed by atoms with Crippen molar-refractivity contribution >= 4 is 11.8 Å². The van der Waals surface area contributed by atoms with E-state index in [1.54, 1.807) is 0 Å². The van der Waals surface area contributed by atoms with Crippen LogP contribution in [0.2, 0.25) is 0 Å². The Morgan fingerprint density at radius 2 is 2.25 bits per heavy atom. The molecule has 0 aromatic heterocycles. The fourth-order valence-corrected chi connectivity index (χ4v) is 2.59. The van der Waals surface area contributed by atoms with Crippen LogP contribution in [0, 0.1) is 11.8 Å². The van der Waals surface area contributed by atoms with Gasteiger partial charge in [-0.1, -0.05) is 6.92 Å². The molecule has 2 atom stereocenters. The number of piperidine rings is 2. The summed E-state index contributed by atoms with van der Waals surface area (Å²) in [6.45, 7) is 4.52. The summed E-state index contributed by atoms with van der Waals surface area (Å²) in [6, 6.07) is 0. The van der Waals surface area contributed by atoms with Gasteiger partial charge in [-0.3, -0.25) is 9.59 Å². The molecule has 0 aromatic rings. The van der Waals surface area contributed by atoms with Gasteiger partial charge in [-0.2, -0.15) is 0 Å². The second-order valence-electron chi connectivity index (χ2n) is 5.07. The van der Waals surface area contributed by atoms with Crippen LogP contribution in [0.15, 0.2) is 0 Å². The highest BCUT2D eigenvalue weighted by molar-refractivity contribution is 5.83. The molecule has 0 saturated carbocycles. The van der Waals surface area contributed by atoms with Crippen LogP contribution in [-0.4, -0.2) is 36.3 Å². The van der Waals surface area contributed by atoms with E-state index < -0.39 is 0 Å². The summed E-state index contributed by atoms with van der Waals surface area (Å²) in [5, 5.41) is 2.78. The Morgan fingerprint density at radius 1 is 1.44 bits per heavy atom. The molecule has 0 aromatic carbocycles. The van der Waals surface area contributed by atoms with Gasteiger partial charge in [0.2, 0.25) is 11.8 Å². The first kappa shape index (κ1) is 11.4. The van der Waals surface area contributed by atoms with Crippen LogP contribution in [0.1, 0.15) is 32.6 Å². The summed E-state index contributed by atoms with van der Waals surface area (Å²) in [7, 11) is 0. The Kier molecular flexibility index (Phi) is 3.46. The molecule has 0 bridgehead atoms. The zero-order chi connectivity index (χ0) is 11.5. The van der Waals surface area contributed by atoms with Gasteiger partial charge in [-0.15, -0.1) is 0 Å². The predicted octanol–water partition coefficient (Wildman–Crippen LogP) is 0.771. The molecular weight excluding hydrogens is 204 g/mol. The van der Waals surface area contributed by atoms with Crippen molar-refractivity contribution in [3.8, 4) is 0 Å². The van der Waals surface area contributed by atoms with Crippen LogP contribution < -0.4 is 5.32 Å². The normalized spacial score (nSPS) is 31.1. The van der Waals surface area contributed by atoms with E-state index in [0.717, 1.165) is 25.9 Å². The van der Waals surface area contributed by atoms with Crippen molar-refractivity contribution in [1.29, 1.82) is 0 Å². The van der Waals surface area contributed by atoms with E-state index in [1.165, 1.54) is 6.42 Å². The number of nitrogens with one attached hydrogen (secondary N) is 1. The van der Waals surface area contributed by atoms with Crippen molar-refractivity contribution in [2.24, 2.45) is 11.8 Å². The van der Waals surface area contributed by atoms with Crippen LogP contribution >= 0.6 is 0 Å². The van der Waals surface area contributed by atoms with Crippen molar-refractivity contribution in [3.63, 3.8) is 0 Å². The Balaban J connectivity index is 1.89. The predicted molar refractivity (Wildman–Crippen MR) is 60.7 cm³/mol. The highest BCUT2D eigenvalue weighted by Crippen LogP contribution is 2.20. The van der Waals surface area contributed by atoms with Gasteiger partial charge in [0.05, 0.1) is 5.92 Å². The molecule has 0 aliphatic carbocycles. The van der Waals surface area contributed by atoms with Gasteiger partial charge in [-0.05, 0) is 25.2 Å². The summed E-state index contributed by atoms with van der Waals surface area (Å²) in [6.07, 6.45) is 3.56. The minimum Gasteiger partial charge on any atom is -0.355 e. The number of rotatable bonds is 1. The Bertz CT molecular complexity index is 281. The minimum atomic E-state index is 0.0167. The molecule has 2 fully saturated rings. The van der Waals surface area contributed by atoms with Crippen molar-refractivity contribution in [3.05, 3.63) is 0 Å². The topological polar surface area (TPSA) is 49.4 Å². The zero-order valence-electron chi connectivity index (χ0n) is 9.87. The smallest absolute Gasteiger partial charge is 0.227 e. The van der Waals surface area contributed by atoms with Gasteiger partial charge in [0.1, 0.15) is 0 Å². The molecule has 0 spiro atoms. The molecule has 2 aliphatic heterocycles. The van der Waals surface area contributed by atoms with E-state index in [2.05, 4.69) is 12.2 Å². The van der Waals surface area contributed by atoms with Crippen molar-refractivity contribution in [2.45, 2.75) is 32.6 Å². The van der Waals surface area contributed by atoms with Crippen LogP contribution in [0.5, 0.6) is 0 Å². The van der Waals surface area contributed by atoms with Gasteiger partial charge in [0, 0.05) is 26.1 Å². The zero-order valence-corrected chi connectivity index (χ0v) is 9.87. The van der Waals surface area contributed by atoms with E-state index in [-0.39, 0.29) is 17.7 Å². The number of hydrogen-bond donors (Lipinski definition) is 1. The number of carbonyl (C=O) groups excluding carboxylic acids is 2. The lowest BCUT2D eigenvalue weighted by molar-refractivity contribution is -0.139. The maximum Gasteiger partial charge on any atom is 0.227 e. The molecular formula is C12H20N2O2. The molecule has 16 heavy (non-hydrogen) atoms. The molecule has 2 amide bonds. The van der Waals surface area contributed by atoms with E-state index in [9.17, 15) is 9.59 Å². The molecule has 2 aliphatic rings. The van der Waals surface area contributed by atoms with E-state index >= 15 is 0 Å². The monoisotopic (exact) mass is 224 g/mol. The number of likely N-dealkylation sites (tertiary alicyclic amines) is 1. The highest BCUT2D eigenvalue weighted by Gasteiger charge is 2.30. The van der Waals surface area contributed by atoms with Crippen molar-refractivity contribution in [1.82, 2.24) is 10.2 Å². The molecule has 4 heteroatoms. The highest BCUT2D eigenvalue weighted by atomic mass is 16.2. The first-order chi connectivity index (χ1) is 7.66. The molecule has 2 unspecified atom stereocenters. The van der Waals surface area contributed by atoms with Gasteiger partial charge in [-0.25, -0.2) is 0 Å². The number of amides is 2. The van der Waals surface area contributed by atoms with Gasteiger partial charge < -0.3 is 10.2 Å². The standard InChI is InChI=1S/C12H20N2O2/c1-9-3-2-6-14(8-9)12(16)10-4-5-11(15)13-7-10/h9-10H,2-8H2,1H3,(H,13,15). The Labute approximate surface area is 96.4 Å². The maximum atomic E-state index is 12.2. The molecule has 4 nitrogen and oxygen atoms in total. The summed E-state index contributed by atoms with van der Waals surface area (Å²) in [5.74, 6) is 0.960. The largest absolute Gasteiger partial charge is 0.355 e. The number of hydrogen-bond acceptors (Lipinski definition) is 2. The minimum absolute atomic E-state index is 0.0167. The quantitative estimate of drug-likeness (QED) is 0.715. The third-order valence-electron chi connectivity index (χ3n) is 3.58. The Morgan fingerprint density at radius 3 is 2.88 bits per heavy atom. The van der Waals surface area contributed by atoms with Crippen molar-refractivity contribution < 1.29 is 9.59 Å². The lowest BCUT2D eigenvalue weighted by Gasteiger charge is -2.34. The maximum absolute atomic E-state index is 12.2. The van der Waals surface area contributed by atoms with Crippen molar-refractivity contribution in [2.75, 3.05) is 19.6 Å². The molecule has 90 valence electrons. The fourth-order valence-electron chi connectivity index (χ4n) is 2.59. The fraction of sp³-hybridized carbons (Fsp3) is 0.833. The lowest BCUT2D eigenvalue weighted by atomic mass is 9.94. The first-order valence-corrected chi connectivity index (χ1v) is 6.22. The molecule has 2 heterocycles. The molecule has 2 rings (SSSR count). The Hall–Kier alpha value is -1.06. The molecule has 0 radical (unpaired) electrons. The molecule has 2 saturated heterocycles. The van der Waals surface area contributed by atoms with E-state index in [0.29, 0.717) is 18.9 Å². The van der Waals surface area contributed by atoms with Crippen LogP contribution in [0.25, 0.3) is 0 Å². The average molecular weight is 224 g/mol. The second kappa shape index (κ2) is 4.85. The van der Waals surface area contributed by atoms with Gasteiger partial charge in [0.25, 0.3) is 0 Å². The summed E-state index contributed by atoms with van der Waals surface area (Å²) < 4.78 is 0. The van der Waals surface area contributed by atoms with Crippen LogP contribution in [0.4, 0.5) is 0 Å². The lowest BCUT2D eigenvalue weighted by Crippen LogP contribution is -2.47. The second-order valence-corrected chi connectivity index (χ2v) is 5.07. The third kappa shape index (κ3) is 2.54. The summed E-state index contributed by atoms with van der Waals surface area (Å²) in [5.41, 5.74) is 0. The summed E-state index contributed by atoms with van der Waals surface area (Å²) >= 11 is 0. The van der Waals surface area contributed by atoms with Crippen LogP contribution in [0.3, 0.4) is 0 Å². The third-order valence-corrected chi connectivity index (χ3v) is 3.58. The number of carbonyl (C=O) groups is 2. The molecule has 1 N–H and O–H groups in total. The SMILES string of the molecule is CC1CCCN(C(=O)C2CCC(=O)NC2)C1. The number of nitrogens with zero attached hydrogens (tertiary/aromatic N) is 1. The van der Waals surface area contributed by atoms with Crippen LogP contribution in [-0.2, 0) is 9.59 Å². The average Bonchev–Trinajstić information content (AvgIpc) is 2.29.